The molecule has 1 atom stereocenters. The highest BCUT2D eigenvalue weighted by atomic mass is 32.2. The smallest absolute Gasteiger partial charge is 0.0726 e. The number of hydrogen-bond donors (Lipinski definition) is 1. The van der Waals surface area contributed by atoms with E-state index in [9.17, 15) is 0 Å². The minimum atomic E-state index is 0.851. The maximum Gasteiger partial charge on any atom is 0.0726 e. The van der Waals surface area contributed by atoms with E-state index in [1.807, 2.05) is 10.9 Å². The van der Waals surface area contributed by atoms with Gasteiger partial charge in [0.2, 0.25) is 0 Å². The van der Waals surface area contributed by atoms with Crippen LogP contribution in [0.15, 0.2) is 12.4 Å². The van der Waals surface area contributed by atoms with Gasteiger partial charge in [0, 0.05) is 19.3 Å². The maximum atomic E-state index is 4.30. The monoisotopic (exact) mass is 225 g/mol. The Morgan fingerprint density at radius 1 is 1.67 bits per heavy atom. The van der Waals surface area contributed by atoms with Gasteiger partial charge in [-0.05, 0) is 30.3 Å². The Hall–Kier alpha value is -0.640. The number of anilines is 1. The van der Waals surface area contributed by atoms with Crippen LogP contribution in [0.3, 0.4) is 0 Å². The van der Waals surface area contributed by atoms with E-state index in [0.29, 0.717) is 0 Å². The van der Waals surface area contributed by atoms with E-state index in [1.165, 1.54) is 23.6 Å². The van der Waals surface area contributed by atoms with Gasteiger partial charge in [-0.3, -0.25) is 4.68 Å². The van der Waals surface area contributed by atoms with Gasteiger partial charge in [0.1, 0.15) is 0 Å². The summed E-state index contributed by atoms with van der Waals surface area (Å²) >= 11 is 2.07. The van der Waals surface area contributed by atoms with Gasteiger partial charge < -0.3 is 5.32 Å². The second-order valence-electron chi connectivity index (χ2n) is 4.10. The normalized spacial score (nSPS) is 20.7. The standard InChI is InChI=1S/C11H19N3S/c1-2-4-14-8-11(7-13-14)12-6-10-3-5-15-9-10/h7-8,10,12H,2-6,9H2,1H3/t10-/m0/s1. The first-order valence-corrected chi connectivity index (χ1v) is 6.88. The van der Waals surface area contributed by atoms with Crippen LogP contribution >= 0.6 is 11.8 Å². The van der Waals surface area contributed by atoms with Crippen molar-refractivity contribution in [3.05, 3.63) is 12.4 Å². The van der Waals surface area contributed by atoms with Gasteiger partial charge in [-0.25, -0.2) is 0 Å². The molecule has 1 saturated heterocycles. The summed E-state index contributed by atoms with van der Waals surface area (Å²) in [6.07, 6.45) is 6.53. The summed E-state index contributed by atoms with van der Waals surface area (Å²) in [7, 11) is 0. The number of aryl methyl sites for hydroxylation is 1. The Bertz CT molecular complexity index is 292. The summed E-state index contributed by atoms with van der Waals surface area (Å²) in [5, 5.41) is 7.77. The predicted molar refractivity (Wildman–Crippen MR) is 66.4 cm³/mol. The van der Waals surface area contributed by atoms with E-state index >= 15 is 0 Å². The van der Waals surface area contributed by atoms with Crippen LogP contribution < -0.4 is 5.32 Å². The fraction of sp³-hybridized carbons (Fsp3) is 0.727. The Kier molecular flexibility index (Phi) is 3.94. The Labute approximate surface area is 95.6 Å². The first-order valence-electron chi connectivity index (χ1n) is 5.72. The van der Waals surface area contributed by atoms with Gasteiger partial charge in [0.05, 0.1) is 11.9 Å². The second-order valence-corrected chi connectivity index (χ2v) is 5.25. The summed E-state index contributed by atoms with van der Waals surface area (Å²) in [5.74, 6) is 3.50. The van der Waals surface area contributed by atoms with Gasteiger partial charge in [0.15, 0.2) is 0 Å². The van der Waals surface area contributed by atoms with E-state index in [4.69, 9.17) is 0 Å². The van der Waals surface area contributed by atoms with Crippen LogP contribution in [0.25, 0.3) is 0 Å². The first-order chi connectivity index (χ1) is 7.38. The first kappa shape index (κ1) is 10.9. The molecule has 0 bridgehead atoms. The molecule has 2 rings (SSSR count). The van der Waals surface area contributed by atoms with Crippen LogP contribution in [0.1, 0.15) is 19.8 Å². The van der Waals surface area contributed by atoms with E-state index in [-0.39, 0.29) is 0 Å². The zero-order chi connectivity index (χ0) is 10.5. The van der Waals surface area contributed by atoms with Crippen LogP contribution in [0.5, 0.6) is 0 Å². The topological polar surface area (TPSA) is 29.9 Å². The quantitative estimate of drug-likeness (QED) is 0.835. The van der Waals surface area contributed by atoms with Gasteiger partial charge in [-0.2, -0.15) is 16.9 Å². The molecular weight excluding hydrogens is 206 g/mol. The second kappa shape index (κ2) is 5.45. The molecule has 1 fully saturated rings. The number of aromatic nitrogens is 2. The molecular formula is C11H19N3S. The number of hydrogen-bond acceptors (Lipinski definition) is 3. The van der Waals surface area contributed by atoms with E-state index in [0.717, 1.165) is 25.4 Å². The van der Waals surface area contributed by atoms with Gasteiger partial charge in [-0.1, -0.05) is 6.92 Å². The number of thioether (sulfide) groups is 1. The van der Waals surface area contributed by atoms with Crippen LogP contribution in [0.4, 0.5) is 5.69 Å². The third kappa shape index (κ3) is 3.16. The van der Waals surface area contributed by atoms with Crippen molar-refractivity contribution in [2.75, 3.05) is 23.4 Å². The molecule has 15 heavy (non-hydrogen) atoms. The molecule has 84 valence electrons. The molecule has 1 N–H and O–H groups in total. The molecule has 0 unspecified atom stereocenters. The molecule has 0 aliphatic carbocycles. The van der Waals surface area contributed by atoms with E-state index < -0.39 is 0 Å². The molecule has 0 saturated carbocycles. The van der Waals surface area contributed by atoms with Crippen molar-refractivity contribution in [1.29, 1.82) is 0 Å². The Morgan fingerprint density at radius 3 is 3.33 bits per heavy atom. The minimum absolute atomic E-state index is 0.851. The molecule has 0 amide bonds. The van der Waals surface area contributed by atoms with Gasteiger partial charge in [0.25, 0.3) is 0 Å². The lowest BCUT2D eigenvalue weighted by Gasteiger charge is -2.08. The van der Waals surface area contributed by atoms with Crippen LogP contribution in [-0.4, -0.2) is 27.8 Å². The summed E-state index contributed by atoms with van der Waals surface area (Å²) in [6, 6.07) is 0. The Balaban J connectivity index is 1.77. The van der Waals surface area contributed by atoms with E-state index in [1.54, 1.807) is 0 Å². The molecule has 2 heterocycles. The molecule has 1 aliphatic heterocycles. The lowest BCUT2D eigenvalue weighted by Crippen LogP contribution is -2.12. The molecule has 1 aromatic rings. The largest absolute Gasteiger partial charge is 0.382 e. The summed E-state index contributed by atoms with van der Waals surface area (Å²) < 4.78 is 2.01. The fourth-order valence-electron chi connectivity index (χ4n) is 1.81. The molecule has 3 nitrogen and oxygen atoms in total. The predicted octanol–water partition coefficient (Wildman–Crippen LogP) is 2.46. The average molecular weight is 225 g/mol. The number of rotatable bonds is 5. The lowest BCUT2D eigenvalue weighted by molar-refractivity contribution is 0.602. The molecule has 0 spiro atoms. The van der Waals surface area contributed by atoms with Crippen LogP contribution in [0, 0.1) is 5.92 Å². The zero-order valence-corrected chi connectivity index (χ0v) is 10.1. The van der Waals surface area contributed by atoms with Crippen molar-refractivity contribution >= 4 is 17.4 Å². The summed E-state index contributed by atoms with van der Waals surface area (Å²) in [6.45, 7) is 4.29. The third-order valence-electron chi connectivity index (χ3n) is 2.70. The average Bonchev–Trinajstić information content (AvgIpc) is 2.85. The van der Waals surface area contributed by atoms with Crippen LogP contribution in [-0.2, 0) is 6.54 Å². The van der Waals surface area contributed by atoms with Gasteiger partial charge in [-0.15, -0.1) is 0 Å². The van der Waals surface area contributed by atoms with Crippen molar-refractivity contribution in [2.24, 2.45) is 5.92 Å². The highest BCUT2D eigenvalue weighted by molar-refractivity contribution is 7.99. The Morgan fingerprint density at radius 2 is 2.60 bits per heavy atom. The SMILES string of the molecule is CCCn1cc(NC[C@@H]2CCSC2)cn1. The van der Waals surface area contributed by atoms with Crippen molar-refractivity contribution in [3.63, 3.8) is 0 Å². The van der Waals surface area contributed by atoms with Crippen molar-refractivity contribution in [3.8, 4) is 0 Å². The highest BCUT2D eigenvalue weighted by Crippen LogP contribution is 2.23. The fourth-order valence-corrected chi connectivity index (χ4v) is 3.10. The van der Waals surface area contributed by atoms with Crippen LogP contribution in [0.2, 0.25) is 0 Å². The molecule has 1 aromatic heterocycles. The number of nitrogens with one attached hydrogen (secondary N) is 1. The number of nitrogens with zero attached hydrogens (tertiary/aromatic N) is 2. The maximum absolute atomic E-state index is 4.30. The van der Waals surface area contributed by atoms with E-state index in [2.05, 4.69) is 35.3 Å². The van der Waals surface area contributed by atoms with Crippen molar-refractivity contribution in [2.45, 2.75) is 26.3 Å². The minimum Gasteiger partial charge on any atom is -0.382 e. The van der Waals surface area contributed by atoms with Crippen molar-refractivity contribution in [1.82, 2.24) is 9.78 Å². The van der Waals surface area contributed by atoms with Gasteiger partial charge >= 0.3 is 0 Å². The molecule has 1 aliphatic rings. The molecule has 4 heteroatoms. The van der Waals surface area contributed by atoms with Crippen molar-refractivity contribution < 1.29 is 0 Å². The summed E-state index contributed by atoms with van der Waals surface area (Å²) in [4.78, 5) is 0. The highest BCUT2D eigenvalue weighted by Gasteiger charge is 2.14. The molecule has 0 aromatic carbocycles. The third-order valence-corrected chi connectivity index (χ3v) is 3.94. The molecule has 0 radical (unpaired) electrons. The zero-order valence-electron chi connectivity index (χ0n) is 9.28. The lowest BCUT2D eigenvalue weighted by atomic mass is 10.1. The summed E-state index contributed by atoms with van der Waals surface area (Å²) in [5.41, 5.74) is 1.17.